The molecule has 2 N–H and O–H groups in total. The van der Waals surface area contributed by atoms with Crippen LogP contribution in [0.15, 0.2) is 24.3 Å². The summed E-state index contributed by atoms with van der Waals surface area (Å²) < 4.78 is 0. The van der Waals surface area contributed by atoms with Crippen LogP contribution in [-0.2, 0) is 6.42 Å². The summed E-state index contributed by atoms with van der Waals surface area (Å²) in [5.41, 5.74) is 7.53. The number of carbonyl (C=O) groups is 1. The zero-order valence-electron chi connectivity index (χ0n) is 10.3. The molecule has 0 unspecified atom stereocenters. The molecule has 94 valence electrons. The average molecular weight is 262 g/mol. The lowest BCUT2D eigenvalue weighted by Gasteiger charge is -2.15. The normalized spacial score (nSPS) is 10.3. The van der Waals surface area contributed by atoms with Crippen LogP contribution in [0.25, 0.3) is 0 Å². The van der Waals surface area contributed by atoms with Crippen molar-refractivity contribution < 1.29 is 4.79 Å². The Morgan fingerprint density at radius 3 is 2.50 bits per heavy atom. The van der Waals surface area contributed by atoms with Gasteiger partial charge in [-0.3, -0.25) is 4.79 Å². The lowest BCUT2D eigenvalue weighted by atomic mass is 10.1. The van der Waals surface area contributed by atoms with Crippen molar-refractivity contribution in [1.29, 1.82) is 0 Å². The van der Waals surface area contributed by atoms with Gasteiger partial charge in [-0.2, -0.15) is 0 Å². The van der Waals surface area contributed by atoms with Crippen molar-refractivity contribution in [2.24, 2.45) is 0 Å². The Hall–Kier alpha value is -1.95. The summed E-state index contributed by atoms with van der Waals surface area (Å²) in [6.07, 6.45) is 0.977. The van der Waals surface area contributed by atoms with Crippen molar-refractivity contribution in [2.45, 2.75) is 13.3 Å². The van der Waals surface area contributed by atoms with E-state index in [1.807, 2.05) is 24.3 Å². The summed E-state index contributed by atoms with van der Waals surface area (Å²) >= 11 is 1.09. The van der Waals surface area contributed by atoms with Crippen molar-refractivity contribution in [3.63, 3.8) is 0 Å². The number of carbonyl (C=O) groups excluding carboxylic acids is 1. The second kappa shape index (κ2) is 5.14. The number of nitrogens with two attached hydrogens (primary N) is 1. The number of nitrogen functional groups attached to an aromatic ring is 1. The van der Waals surface area contributed by atoms with Gasteiger partial charge < -0.3 is 10.6 Å². The highest BCUT2D eigenvalue weighted by Gasteiger charge is 2.17. The number of aromatic nitrogens is 2. The van der Waals surface area contributed by atoms with Crippen molar-refractivity contribution in [3.05, 3.63) is 34.8 Å². The molecule has 0 aliphatic heterocycles. The summed E-state index contributed by atoms with van der Waals surface area (Å²) in [6, 6.07) is 7.85. The van der Waals surface area contributed by atoms with Crippen molar-refractivity contribution in [1.82, 2.24) is 10.2 Å². The van der Waals surface area contributed by atoms with E-state index in [-0.39, 0.29) is 5.91 Å². The van der Waals surface area contributed by atoms with E-state index in [4.69, 9.17) is 5.73 Å². The Kier molecular flexibility index (Phi) is 3.57. The van der Waals surface area contributed by atoms with Crippen LogP contribution in [0.1, 0.15) is 22.3 Å². The third-order valence-electron chi connectivity index (χ3n) is 2.66. The molecule has 1 amide bonds. The number of aryl methyl sites for hydroxylation is 1. The number of nitrogens with zero attached hydrogens (tertiary/aromatic N) is 3. The summed E-state index contributed by atoms with van der Waals surface area (Å²) in [5, 5.41) is 7.99. The third-order valence-corrected chi connectivity index (χ3v) is 3.40. The van der Waals surface area contributed by atoms with Gasteiger partial charge in [0.25, 0.3) is 5.91 Å². The summed E-state index contributed by atoms with van der Waals surface area (Å²) in [4.78, 5) is 13.6. The second-order valence-electron chi connectivity index (χ2n) is 3.83. The van der Waals surface area contributed by atoms with Crippen LogP contribution in [0, 0.1) is 0 Å². The molecule has 0 spiro atoms. The van der Waals surface area contributed by atoms with Gasteiger partial charge >= 0.3 is 0 Å². The van der Waals surface area contributed by atoms with Gasteiger partial charge in [0, 0.05) is 12.7 Å². The Morgan fingerprint density at radius 1 is 1.33 bits per heavy atom. The van der Waals surface area contributed by atoms with E-state index in [1.165, 1.54) is 5.56 Å². The maximum absolute atomic E-state index is 12.1. The Labute approximate surface area is 109 Å². The molecule has 0 saturated heterocycles. The van der Waals surface area contributed by atoms with Crippen LogP contribution in [0.4, 0.5) is 10.8 Å². The van der Waals surface area contributed by atoms with Crippen LogP contribution >= 0.6 is 11.3 Å². The molecule has 0 aliphatic carbocycles. The molecular formula is C12H14N4OS. The first kappa shape index (κ1) is 12.5. The van der Waals surface area contributed by atoms with E-state index >= 15 is 0 Å². The maximum Gasteiger partial charge on any atom is 0.289 e. The average Bonchev–Trinajstić information content (AvgIpc) is 2.84. The van der Waals surface area contributed by atoms with Gasteiger partial charge in [-0.25, -0.2) is 0 Å². The molecule has 6 heteroatoms. The molecule has 2 rings (SSSR count). The zero-order chi connectivity index (χ0) is 13.1. The smallest absolute Gasteiger partial charge is 0.289 e. The number of rotatable bonds is 3. The van der Waals surface area contributed by atoms with E-state index in [1.54, 1.807) is 11.9 Å². The third kappa shape index (κ3) is 2.48. The standard InChI is InChI=1S/C12H14N4OS/c1-3-8-4-6-9(7-5-8)16(2)11(17)10-14-15-12(13)18-10/h4-7H,3H2,1-2H3,(H2,13,15). The summed E-state index contributed by atoms with van der Waals surface area (Å²) in [7, 11) is 1.71. The Balaban J connectivity index is 2.19. The van der Waals surface area contributed by atoms with E-state index < -0.39 is 0 Å². The van der Waals surface area contributed by atoms with Crippen molar-refractivity contribution in [2.75, 3.05) is 17.7 Å². The van der Waals surface area contributed by atoms with Crippen molar-refractivity contribution in [3.8, 4) is 0 Å². The van der Waals surface area contributed by atoms with E-state index in [0.717, 1.165) is 23.4 Å². The molecule has 1 heterocycles. The summed E-state index contributed by atoms with van der Waals surface area (Å²) in [6.45, 7) is 2.09. The van der Waals surface area contributed by atoms with E-state index in [9.17, 15) is 4.79 Å². The highest BCUT2D eigenvalue weighted by atomic mass is 32.1. The molecule has 0 radical (unpaired) electrons. The predicted octanol–water partition coefficient (Wildman–Crippen LogP) is 1.96. The van der Waals surface area contributed by atoms with Gasteiger partial charge in [0.1, 0.15) is 0 Å². The molecule has 5 nitrogen and oxygen atoms in total. The number of hydrogen-bond donors (Lipinski definition) is 1. The summed E-state index contributed by atoms with van der Waals surface area (Å²) in [5.74, 6) is -0.201. The predicted molar refractivity (Wildman–Crippen MR) is 72.9 cm³/mol. The van der Waals surface area contributed by atoms with Crippen LogP contribution in [0.5, 0.6) is 0 Å². The number of amides is 1. The maximum atomic E-state index is 12.1. The first-order valence-corrected chi connectivity index (χ1v) is 6.39. The largest absolute Gasteiger partial charge is 0.374 e. The monoisotopic (exact) mass is 262 g/mol. The fraction of sp³-hybridized carbons (Fsp3) is 0.250. The van der Waals surface area contributed by atoms with Gasteiger partial charge in [0.15, 0.2) is 0 Å². The minimum Gasteiger partial charge on any atom is -0.374 e. The van der Waals surface area contributed by atoms with Gasteiger partial charge in [-0.1, -0.05) is 30.4 Å². The Morgan fingerprint density at radius 2 is 2.00 bits per heavy atom. The molecule has 0 fully saturated rings. The molecule has 0 aliphatic rings. The first-order valence-electron chi connectivity index (χ1n) is 5.57. The van der Waals surface area contributed by atoms with Gasteiger partial charge in [0.2, 0.25) is 10.1 Å². The van der Waals surface area contributed by atoms with Crippen LogP contribution < -0.4 is 10.6 Å². The molecular weight excluding hydrogens is 248 g/mol. The fourth-order valence-corrected chi connectivity index (χ4v) is 2.12. The van der Waals surface area contributed by atoms with Crippen LogP contribution in [-0.4, -0.2) is 23.2 Å². The SMILES string of the molecule is CCc1ccc(N(C)C(=O)c2nnc(N)s2)cc1. The molecule has 1 aromatic carbocycles. The molecule has 0 saturated carbocycles. The van der Waals surface area contributed by atoms with Crippen molar-refractivity contribution >= 4 is 28.1 Å². The second-order valence-corrected chi connectivity index (χ2v) is 4.84. The minimum atomic E-state index is -0.201. The number of anilines is 2. The lowest BCUT2D eigenvalue weighted by molar-refractivity contribution is 0.0992. The molecule has 18 heavy (non-hydrogen) atoms. The van der Waals surface area contributed by atoms with Gasteiger partial charge in [0.05, 0.1) is 0 Å². The van der Waals surface area contributed by atoms with E-state index in [2.05, 4.69) is 17.1 Å². The molecule has 1 aromatic heterocycles. The van der Waals surface area contributed by atoms with Crippen LogP contribution in [0.3, 0.4) is 0 Å². The van der Waals surface area contributed by atoms with Gasteiger partial charge in [-0.05, 0) is 24.1 Å². The number of benzene rings is 1. The molecule has 0 atom stereocenters. The van der Waals surface area contributed by atoms with E-state index in [0.29, 0.717) is 10.1 Å². The fourth-order valence-electron chi connectivity index (χ4n) is 1.54. The lowest BCUT2D eigenvalue weighted by Crippen LogP contribution is -2.26. The Bertz CT molecular complexity index is 549. The van der Waals surface area contributed by atoms with Gasteiger partial charge in [-0.15, -0.1) is 10.2 Å². The first-order chi connectivity index (χ1) is 8.61. The number of hydrogen-bond acceptors (Lipinski definition) is 5. The quantitative estimate of drug-likeness (QED) is 0.917. The highest BCUT2D eigenvalue weighted by molar-refractivity contribution is 7.17. The highest BCUT2D eigenvalue weighted by Crippen LogP contribution is 2.19. The minimum absolute atomic E-state index is 0.201. The topological polar surface area (TPSA) is 72.1 Å². The molecule has 2 aromatic rings. The zero-order valence-corrected chi connectivity index (χ0v) is 11.1. The molecule has 0 bridgehead atoms. The van der Waals surface area contributed by atoms with Crippen LogP contribution in [0.2, 0.25) is 0 Å².